The summed E-state index contributed by atoms with van der Waals surface area (Å²) >= 11 is 0. The number of pyridine rings is 1. The molecule has 4 nitrogen and oxygen atoms in total. The van der Waals surface area contributed by atoms with Gasteiger partial charge in [0.1, 0.15) is 0 Å². The Hall–Kier alpha value is -1.42. The van der Waals surface area contributed by atoms with Crippen molar-refractivity contribution in [2.75, 3.05) is 0 Å². The third-order valence-corrected chi connectivity index (χ3v) is 4.03. The van der Waals surface area contributed by atoms with E-state index in [2.05, 4.69) is 4.98 Å². The molecule has 4 heteroatoms. The molecule has 110 valence electrons. The Labute approximate surface area is 120 Å². The Morgan fingerprint density at radius 1 is 1.40 bits per heavy atom. The molecule has 1 saturated carbocycles. The molecule has 0 bridgehead atoms. The van der Waals surface area contributed by atoms with Crippen LogP contribution in [0.1, 0.15) is 45.1 Å². The minimum Gasteiger partial charge on any atom is -0.393 e. The van der Waals surface area contributed by atoms with Crippen molar-refractivity contribution in [2.24, 2.45) is 5.92 Å². The van der Waals surface area contributed by atoms with Crippen LogP contribution >= 0.6 is 0 Å². The topological polar surface area (TPSA) is 53.4 Å². The Morgan fingerprint density at radius 3 is 2.65 bits per heavy atom. The van der Waals surface area contributed by atoms with Gasteiger partial charge < -0.3 is 10.0 Å². The lowest BCUT2D eigenvalue weighted by atomic mass is 9.86. The van der Waals surface area contributed by atoms with Gasteiger partial charge in [0.05, 0.1) is 6.10 Å². The molecular weight excluding hydrogens is 252 g/mol. The second-order valence-corrected chi connectivity index (χ2v) is 5.93. The second-order valence-electron chi connectivity index (χ2n) is 5.93. The van der Waals surface area contributed by atoms with Crippen LogP contribution in [0, 0.1) is 5.92 Å². The van der Waals surface area contributed by atoms with E-state index in [0.717, 1.165) is 31.2 Å². The van der Waals surface area contributed by atoms with Crippen LogP contribution < -0.4 is 0 Å². The van der Waals surface area contributed by atoms with Gasteiger partial charge >= 0.3 is 0 Å². The molecule has 1 aromatic rings. The van der Waals surface area contributed by atoms with E-state index in [1.165, 1.54) is 0 Å². The first-order valence-electron chi connectivity index (χ1n) is 7.45. The lowest BCUT2D eigenvalue weighted by Gasteiger charge is -2.33. The molecule has 0 unspecified atom stereocenters. The quantitative estimate of drug-likeness (QED) is 0.918. The molecule has 1 heterocycles. The number of rotatable bonds is 4. The zero-order valence-electron chi connectivity index (χ0n) is 12.3. The van der Waals surface area contributed by atoms with Crippen molar-refractivity contribution in [3.8, 4) is 0 Å². The summed E-state index contributed by atoms with van der Waals surface area (Å²) in [5, 5.41) is 9.56. The number of nitrogens with zero attached hydrogens (tertiary/aromatic N) is 2. The molecule has 1 amide bonds. The molecule has 1 aliphatic carbocycles. The van der Waals surface area contributed by atoms with Gasteiger partial charge in [0, 0.05) is 30.9 Å². The molecule has 20 heavy (non-hydrogen) atoms. The van der Waals surface area contributed by atoms with Gasteiger partial charge in [0.25, 0.3) is 0 Å². The number of aliphatic hydroxyl groups is 1. The fourth-order valence-corrected chi connectivity index (χ4v) is 2.76. The molecule has 0 radical (unpaired) electrons. The van der Waals surface area contributed by atoms with E-state index in [0.29, 0.717) is 6.54 Å². The molecular formula is C16H24N2O2. The van der Waals surface area contributed by atoms with Crippen molar-refractivity contribution in [1.82, 2.24) is 9.88 Å². The van der Waals surface area contributed by atoms with E-state index < -0.39 is 0 Å². The minimum atomic E-state index is -0.218. The normalized spacial score (nSPS) is 22.8. The fraction of sp³-hybridized carbons (Fsp3) is 0.625. The van der Waals surface area contributed by atoms with Gasteiger partial charge in [-0.25, -0.2) is 0 Å². The average molecular weight is 276 g/mol. The number of hydrogen-bond acceptors (Lipinski definition) is 3. The Morgan fingerprint density at radius 2 is 2.10 bits per heavy atom. The predicted octanol–water partition coefficient (Wildman–Crippen LogP) is 2.37. The van der Waals surface area contributed by atoms with Crippen LogP contribution in [0.3, 0.4) is 0 Å². The van der Waals surface area contributed by atoms with Gasteiger partial charge in [-0.15, -0.1) is 0 Å². The molecule has 1 aliphatic rings. The van der Waals surface area contributed by atoms with E-state index >= 15 is 0 Å². The first kappa shape index (κ1) is 15.0. The zero-order valence-corrected chi connectivity index (χ0v) is 12.3. The van der Waals surface area contributed by atoms with Crippen molar-refractivity contribution < 1.29 is 9.90 Å². The largest absolute Gasteiger partial charge is 0.393 e. The summed E-state index contributed by atoms with van der Waals surface area (Å²) in [7, 11) is 0. The van der Waals surface area contributed by atoms with Gasteiger partial charge in [0.2, 0.25) is 5.91 Å². The predicted molar refractivity (Wildman–Crippen MR) is 77.9 cm³/mol. The maximum absolute atomic E-state index is 12.7. The number of carbonyl (C=O) groups excluding carboxylic acids is 1. The number of aromatic nitrogens is 1. The van der Waals surface area contributed by atoms with Gasteiger partial charge in [-0.3, -0.25) is 9.78 Å². The van der Waals surface area contributed by atoms with Gasteiger partial charge in [0.15, 0.2) is 0 Å². The number of amides is 1. The van der Waals surface area contributed by atoms with E-state index in [-0.39, 0.29) is 24.0 Å². The highest BCUT2D eigenvalue weighted by Gasteiger charge is 2.29. The van der Waals surface area contributed by atoms with Crippen LogP contribution in [0.25, 0.3) is 0 Å². The van der Waals surface area contributed by atoms with Crippen LogP contribution in [0.4, 0.5) is 0 Å². The average Bonchev–Trinajstić information content (AvgIpc) is 2.45. The molecule has 0 aromatic carbocycles. The summed E-state index contributed by atoms with van der Waals surface area (Å²) in [6, 6.07) is 4.07. The van der Waals surface area contributed by atoms with Crippen molar-refractivity contribution in [1.29, 1.82) is 0 Å². The summed E-state index contributed by atoms with van der Waals surface area (Å²) in [5.74, 6) is 0.285. The Bertz CT molecular complexity index is 425. The summed E-state index contributed by atoms with van der Waals surface area (Å²) in [4.78, 5) is 18.7. The molecule has 2 rings (SSSR count). The third-order valence-electron chi connectivity index (χ3n) is 4.03. The lowest BCUT2D eigenvalue weighted by Crippen LogP contribution is -2.41. The number of hydrogen-bond donors (Lipinski definition) is 1. The maximum Gasteiger partial charge on any atom is 0.226 e. The summed E-state index contributed by atoms with van der Waals surface area (Å²) in [6.45, 7) is 4.71. The summed E-state index contributed by atoms with van der Waals surface area (Å²) in [5.41, 5.74) is 1.06. The van der Waals surface area contributed by atoms with Crippen molar-refractivity contribution >= 4 is 5.91 Å². The highest BCUT2D eigenvalue weighted by atomic mass is 16.3. The minimum absolute atomic E-state index is 0.0671. The van der Waals surface area contributed by atoms with Crippen LogP contribution in [0.2, 0.25) is 0 Å². The van der Waals surface area contributed by atoms with Crippen molar-refractivity contribution in [3.63, 3.8) is 0 Å². The van der Waals surface area contributed by atoms with Gasteiger partial charge in [-0.1, -0.05) is 6.07 Å². The number of aliphatic hydroxyl groups excluding tert-OH is 1. The zero-order chi connectivity index (χ0) is 14.5. The van der Waals surface area contributed by atoms with E-state index in [1.807, 2.05) is 37.1 Å². The van der Waals surface area contributed by atoms with Crippen LogP contribution in [0.5, 0.6) is 0 Å². The second kappa shape index (κ2) is 6.84. The first-order chi connectivity index (χ1) is 9.58. The summed E-state index contributed by atoms with van der Waals surface area (Å²) in [6.07, 6.45) is 6.43. The molecule has 0 spiro atoms. The molecule has 1 aromatic heterocycles. The maximum atomic E-state index is 12.7. The molecule has 0 atom stereocenters. The van der Waals surface area contributed by atoms with Crippen molar-refractivity contribution in [2.45, 2.75) is 58.2 Å². The SMILES string of the molecule is CC(C)N(Cc1cccnc1)C(=O)C1CCC(O)CC1. The molecule has 1 fully saturated rings. The van der Waals surface area contributed by atoms with Gasteiger partial charge in [-0.05, 0) is 51.2 Å². The number of carbonyl (C=O) groups is 1. The van der Waals surface area contributed by atoms with E-state index in [1.54, 1.807) is 6.20 Å². The van der Waals surface area contributed by atoms with E-state index in [9.17, 15) is 9.90 Å². The molecule has 0 saturated heterocycles. The van der Waals surface area contributed by atoms with E-state index in [4.69, 9.17) is 0 Å². The van der Waals surface area contributed by atoms with Crippen LogP contribution in [0.15, 0.2) is 24.5 Å². The van der Waals surface area contributed by atoms with Crippen LogP contribution in [-0.4, -0.2) is 33.0 Å². The van der Waals surface area contributed by atoms with Crippen molar-refractivity contribution in [3.05, 3.63) is 30.1 Å². The summed E-state index contributed by atoms with van der Waals surface area (Å²) < 4.78 is 0. The first-order valence-corrected chi connectivity index (χ1v) is 7.45. The highest BCUT2D eigenvalue weighted by molar-refractivity contribution is 5.79. The Kier molecular flexibility index (Phi) is 5.12. The highest BCUT2D eigenvalue weighted by Crippen LogP contribution is 2.27. The smallest absolute Gasteiger partial charge is 0.226 e. The standard InChI is InChI=1S/C16H24N2O2/c1-12(2)18(11-13-4-3-9-17-10-13)16(20)14-5-7-15(19)8-6-14/h3-4,9-10,12,14-15,19H,5-8,11H2,1-2H3. The third kappa shape index (κ3) is 3.79. The monoisotopic (exact) mass is 276 g/mol. The molecule has 0 aliphatic heterocycles. The Balaban J connectivity index is 2.03. The molecule has 1 N–H and O–H groups in total. The van der Waals surface area contributed by atoms with Crippen LogP contribution in [-0.2, 0) is 11.3 Å². The van der Waals surface area contributed by atoms with Gasteiger partial charge in [-0.2, -0.15) is 0 Å². The fourth-order valence-electron chi connectivity index (χ4n) is 2.76. The lowest BCUT2D eigenvalue weighted by molar-refractivity contribution is -0.139.